The second-order valence-electron chi connectivity index (χ2n) is 4.26. The minimum atomic E-state index is -3.67. The quantitative estimate of drug-likeness (QED) is 0.815. The molecule has 0 atom stereocenters. The molecule has 0 spiro atoms. The Morgan fingerprint density at radius 2 is 2.00 bits per heavy atom. The van der Waals surface area contributed by atoms with E-state index in [1.807, 2.05) is 6.92 Å². The lowest BCUT2D eigenvalue weighted by atomic mass is 10.3. The topological polar surface area (TPSA) is 58.2 Å². The number of rotatable bonds is 6. The van der Waals surface area contributed by atoms with E-state index in [-0.39, 0.29) is 10.6 Å². The molecule has 0 saturated carbocycles. The van der Waals surface area contributed by atoms with Gasteiger partial charge in [-0.2, -0.15) is 0 Å². The minimum absolute atomic E-state index is 0.219. The fraction of sp³-hybridized carbons (Fsp3) is 0.231. The highest BCUT2D eigenvalue weighted by atomic mass is 35.5. The van der Waals surface area contributed by atoms with Gasteiger partial charge in [0.05, 0.1) is 15.6 Å². The number of thiophene rings is 1. The monoisotopic (exact) mass is 364 g/mol. The highest BCUT2D eigenvalue weighted by Gasteiger charge is 2.18. The zero-order valence-corrected chi connectivity index (χ0v) is 14.3. The van der Waals surface area contributed by atoms with Gasteiger partial charge in [0.15, 0.2) is 0 Å². The van der Waals surface area contributed by atoms with Gasteiger partial charge in [-0.15, -0.1) is 11.3 Å². The van der Waals surface area contributed by atoms with E-state index in [0.717, 1.165) is 11.4 Å². The highest BCUT2D eigenvalue weighted by molar-refractivity contribution is 7.92. The summed E-state index contributed by atoms with van der Waals surface area (Å²) in [6.07, 6.45) is 0. The van der Waals surface area contributed by atoms with Gasteiger partial charge in [0, 0.05) is 21.8 Å². The summed E-state index contributed by atoms with van der Waals surface area (Å²) in [6.45, 7) is 3.47. The Hall–Kier alpha value is -0.790. The van der Waals surface area contributed by atoms with E-state index in [1.165, 1.54) is 17.4 Å². The van der Waals surface area contributed by atoms with E-state index >= 15 is 0 Å². The van der Waals surface area contributed by atoms with Crippen LogP contribution in [0.2, 0.25) is 10.0 Å². The van der Waals surface area contributed by atoms with Crippen molar-refractivity contribution in [2.24, 2.45) is 0 Å². The Labute approximate surface area is 138 Å². The van der Waals surface area contributed by atoms with Gasteiger partial charge in [0.2, 0.25) is 0 Å². The summed E-state index contributed by atoms with van der Waals surface area (Å²) in [6, 6.07) is 6.27. The Morgan fingerprint density at radius 3 is 2.71 bits per heavy atom. The van der Waals surface area contributed by atoms with Crippen LogP contribution in [0.4, 0.5) is 5.69 Å². The van der Waals surface area contributed by atoms with Crippen LogP contribution in [0.15, 0.2) is 34.5 Å². The molecule has 4 nitrogen and oxygen atoms in total. The molecular weight excluding hydrogens is 351 g/mol. The Balaban J connectivity index is 2.22. The summed E-state index contributed by atoms with van der Waals surface area (Å²) >= 11 is 13.2. The molecular formula is C13H14Cl2N2O2S2. The van der Waals surface area contributed by atoms with Crippen molar-refractivity contribution >= 4 is 50.2 Å². The molecule has 0 aliphatic rings. The van der Waals surface area contributed by atoms with Crippen molar-refractivity contribution in [2.45, 2.75) is 18.4 Å². The number of anilines is 1. The summed E-state index contributed by atoms with van der Waals surface area (Å²) in [5.74, 6) is 0. The molecule has 21 heavy (non-hydrogen) atoms. The molecule has 2 N–H and O–H groups in total. The lowest BCUT2D eigenvalue weighted by Gasteiger charge is -2.08. The maximum absolute atomic E-state index is 12.3. The molecule has 1 heterocycles. The third-order valence-electron chi connectivity index (χ3n) is 2.66. The molecule has 2 rings (SSSR count). The van der Waals surface area contributed by atoms with E-state index in [0.29, 0.717) is 16.6 Å². The fourth-order valence-electron chi connectivity index (χ4n) is 1.62. The van der Waals surface area contributed by atoms with Crippen molar-refractivity contribution < 1.29 is 8.42 Å². The average Bonchev–Trinajstić information content (AvgIpc) is 2.90. The van der Waals surface area contributed by atoms with Crippen LogP contribution in [0.25, 0.3) is 0 Å². The van der Waals surface area contributed by atoms with Crippen LogP contribution in [-0.4, -0.2) is 15.0 Å². The second-order valence-corrected chi connectivity index (χ2v) is 7.78. The van der Waals surface area contributed by atoms with Crippen LogP contribution in [0.5, 0.6) is 0 Å². The molecule has 0 unspecified atom stereocenters. The third kappa shape index (κ3) is 4.34. The van der Waals surface area contributed by atoms with Gasteiger partial charge in [0.25, 0.3) is 10.0 Å². The summed E-state index contributed by atoms with van der Waals surface area (Å²) < 4.78 is 27.1. The lowest BCUT2D eigenvalue weighted by Crippen LogP contribution is -2.13. The summed E-state index contributed by atoms with van der Waals surface area (Å²) in [7, 11) is -3.67. The Morgan fingerprint density at radius 1 is 1.24 bits per heavy atom. The average molecular weight is 365 g/mol. The first-order valence-electron chi connectivity index (χ1n) is 6.18. The largest absolute Gasteiger partial charge is 0.312 e. The molecule has 0 radical (unpaired) electrons. The highest BCUT2D eigenvalue weighted by Crippen LogP contribution is 2.28. The van der Waals surface area contributed by atoms with Gasteiger partial charge in [0.1, 0.15) is 0 Å². The molecule has 8 heteroatoms. The Kier molecular flexibility index (Phi) is 5.51. The summed E-state index contributed by atoms with van der Waals surface area (Å²) in [5.41, 5.74) is 0.267. The van der Waals surface area contributed by atoms with Crippen molar-refractivity contribution in [3.05, 3.63) is 44.6 Å². The van der Waals surface area contributed by atoms with E-state index in [4.69, 9.17) is 23.2 Å². The molecule has 114 valence electrons. The van der Waals surface area contributed by atoms with E-state index in [1.54, 1.807) is 23.6 Å². The first kappa shape index (κ1) is 16.6. The van der Waals surface area contributed by atoms with Crippen LogP contribution in [0.1, 0.15) is 11.8 Å². The van der Waals surface area contributed by atoms with Gasteiger partial charge in [-0.05, 0) is 30.8 Å². The predicted molar refractivity (Wildman–Crippen MR) is 89.0 cm³/mol. The number of sulfonamides is 1. The normalized spacial score (nSPS) is 11.6. The second kappa shape index (κ2) is 6.98. The van der Waals surface area contributed by atoms with Gasteiger partial charge >= 0.3 is 0 Å². The number of benzene rings is 1. The van der Waals surface area contributed by atoms with Crippen molar-refractivity contribution in [3.63, 3.8) is 0 Å². The molecule has 0 fully saturated rings. The van der Waals surface area contributed by atoms with Crippen LogP contribution < -0.4 is 10.0 Å². The van der Waals surface area contributed by atoms with Crippen molar-refractivity contribution in [2.75, 3.05) is 11.3 Å². The molecule has 1 aromatic carbocycles. The van der Waals surface area contributed by atoms with Gasteiger partial charge in [-0.25, -0.2) is 8.42 Å². The predicted octanol–water partition coefficient (Wildman–Crippen LogP) is 3.97. The van der Waals surface area contributed by atoms with Crippen LogP contribution in [-0.2, 0) is 16.6 Å². The molecule has 1 aromatic heterocycles. The Bertz CT molecular complexity index is 730. The summed E-state index contributed by atoms with van der Waals surface area (Å²) in [4.78, 5) is 1.17. The molecule has 0 aliphatic carbocycles. The van der Waals surface area contributed by atoms with E-state index in [2.05, 4.69) is 10.0 Å². The summed E-state index contributed by atoms with van der Waals surface area (Å²) in [5, 5.41) is 5.47. The van der Waals surface area contributed by atoms with E-state index in [9.17, 15) is 8.42 Å². The fourth-order valence-corrected chi connectivity index (χ4v) is 4.33. The minimum Gasteiger partial charge on any atom is -0.312 e. The number of hydrogen-bond acceptors (Lipinski definition) is 4. The molecule has 0 bridgehead atoms. The van der Waals surface area contributed by atoms with Gasteiger partial charge in [-0.1, -0.05) is 30.1 Å². The maximum Gasteiger partial charge on any atom is 0.262 e. The van der Waals surface area contributed by atoms with Crippen molar-refractivity contribution in [1.29, 1.82) is 0 Å². The first-order chi connectivity index (χ1) is 9.92. The van der Waals surface area contributed by atoms with Gasteiger partial charge < -0.3 is 5.32 Å². The van der Waals surface area contributed by atoms with Gasteiger partial charge in [-0.3, -0.25) is 4.72 Å². The zero-order valence-electron chi connectivity index (χ0n) is 11.2. The number of halogens is 2. The van der Waals surface area contributed by atoms with Crippen molar-refractivity contribution in [3.8, 4) is 0 Å². The van der Waals surface area contributed by atoms with E-state index < -0.39 is 10.0 Å². The standard InChI is InChI=1S/C13H14Cl2N2O2S2/c1-2-16-7-10-6-11(8-20-10)21(18,19)17-13-5-9(14)3-4-12(13)15/h3-6,8,16-17H,2,7H2,1H3. The van der Waals surface area contributed by atoms with Crippen molar-refractivity contribution in [1.82, 2.24) is 5.32 Å². The van der Waals surface area contributed by atoms with Crippen LogP contribution >= 0.6 is 34.5 Å². The first-order valence-corrected chi connectivity index (χ1v) is 9.30. The molecule has 0 amide bonds. The van der Waals surface area contributed by atoms with Crippen LogP contribution in [0, 0.1) is 0 Å². The zero-order chi connectivity index (χ0) is 15.5. The molecule has 2 aromatic rings. The molecule has 0 saturated heterocycles. The number of hydrogen-bond donors (Lipinski definition) is 2. The lowest BCUT2D eigenvalue weighted by molar-refractivity contribution is 0.601. The molecule has 0 aliphatic heterocycles. The third-order valence-corrected chi connectivity index (χ3v) is 5.66. The SMILES string of the molecule is CCNCc1cc(S(=O)(=O)Nc2cc(Cl)ccc2Cl)cs1. The van der Waals surface area contributed by atoms with Crippen LogP contribution in [0.3, 0.4) is 0 Å². The maximum atomic E-state index is 12.3. The number of nitrogens with one attached hydrogen (secondary N) is 2. The smallest absolute Gasteiger partial charge is 0.262 e.